The number of benzene rings is 1. The fourth-order valence-electron chi connectivity index (χ4n) is 3.06. The highest BCUT2D eigenvalue weighted by Gasteiger charge is 2.36. The van der Waals surface area contributed by atoms with Crippen molar-refractivity contribution in [1.82, 2.24) is 15.1 Å². The average molecular weight is 396 g/mol. The molecule has 0 aromatic heterocycles. The number of rotatable bonds is 7. The van der Waals surface area contributed by atoms with Gasteiger partial charge in [0, 0.05) is 49.6 Å². The van der Waals surface area contributed by atoms with E-state index in [4.69, 9.17) is 16.3 Å². The molecule has 0 bridgehead atoms. The Labute approximate surface area is 166 Å². The normalized spacial score (nSPS) is 17.1. The van der Waals surface area contributed by atoms with Crippen LogP contribution in [0.15, 0.2) is 24.3 Å². The van der Waals surface area contributed by atoms with Crippen molar-refractivity contribution in [3.05, 3.63) is 29.3 Å². The van der Waals surface area contributed by atoms with Gasteiger partial charge in [0.1, 0.15) is 5.75 Å². The molecule has 0 spiro atoms. The number of likely N-dealkylation sites (tertiary alicyclic amines) is 1. The number of nitrogens with zero attached hydrogens (tertiary/aromatic N) is 2. The average Bonchev–Trinajstić information content (AvgIpc) is 2.99. The van der Waals surface area contributed by atoms with Gasteiger partial charge in [0.05, 0.1) is 6.61 Å². The van der Waals surface area contributed by atoms with Crippen LogP contribution in [-0.2, 0) is 4.79 Å². The Bertz CT molecular complexity index is 643. The minimum atomic E-state index is -0.170. The molecular formula is C20H30ClN3O3. The molecule has 1 atom stereocenters. The van der Waals surface area contributed by atoms with Crippen LogP contribution in [0.25, 0.3) is 0 Å². The lowest BCUT2D eigenvalue weighted by atomic mass is 10.1. The third-order valence-electron chi connectivity index (χ3n) is 4.62. The Morgan fingerprint density at radius 1 is 1.33 bits per heavy atom. The van der Waals surface area contributed by atoms with E-state index in [0.717, 1.165) is 12.2 Å². The second-order valence-corrected chi connectivity index (χ2v) is 8.45. The number of amides is 3. The van der Waals surface area contributed by atoms with Crippen LogP contribution in [0.2, 0.25) is 5.02 Å². The summed E-state index contributed by atoms with van der Waals surface area (Å²) in [7, 11) is 1.76. The molecule has 1 N–H and O–H groups in total. The molecule has 1 heterocycles. The van der Waals surface area contributed by atoms with Crippen LogP contribution in [0.4, 0.5) is 4.79 Å². The molecule has 1 saturated heterocycles. The summed E-state index contributed by atoms with van der Waals surface area (Å²) in [5, 5.41) is 3.61. The van der Waals surface area contributed by atoms with Crippen molar-refractivity contribution < 1.29 is 14.3 Å². The summed E-state index contributed by atoms with van der Waals surface area (Å²) >= 11 is 5.84. The van der Waals surface area contributed by atoms with Crippen LogP contribution in [0.1, 0.15) is 33.6 Å². The van der Waals surface area contributed by atoms with Gasteiger partial charge in [-0.2, -0.15) is 0 Å². The van der Waals surface area contributed by atoms with Gasteiger partial charge >= 0.3 is 6.03 Å². The standard InChI is InChI=1S/C20H30ClN3O3/c1-20(2,3)24-14-15(12-18(24)25)13-22-19(26)23(4)10-5-11-27-17-8-6-16(21)7-9-17/h6-9,15H,5,10-14H2,1-4H3,(H,22,26)/t15-/m0/s1. The third kappa shape index (κ3) is 6.61. The topological polar surface area (TPSA) is 61.9 Å². The number of carbonyl (C=O) groups is 2. The Morgan fingerprint density at radius 3 is 2.59 bits per heavy atom. The molecule has 1 aliphatic rings. The van der Waals surface area contributed by atoms with Crippen molar-refractivity contribution in [2.45, 2.75) is 39.2 Å². The zero-order valence-electron chi connectivity index (χ0n) is 16.6. The summed E-state index contributed by atoms with van der Waals surface area (Å²) < 4.78 is 5.63. The molecule has 3 amide bonds. The number of halogens is 1. The highest BCUT2D eigenvalue weighted by atomic mass is 35.5. The van der Waals surface area contributed by atoms with Crippen LogP contribution in [-0.4, -0.2) is 60.6 Å². The smallest absolute Gasteiger partial charge is 0.317 e. The zero-order chi connectivity index (χ0) is 20.0. The zero-order valence-corrected chi connectivity index (χ0v) is 17.4. The lowest BCUT2D eigenvalue weighted by Gasteiger charge is -2.32. The Hall–Kier alpha value is -1.95. The number of nitrogens with one attached hydrogen (secondary N) is 1. The van der Waals surface area contributed by atoms with E-state index in [1.807, 2.05) is 37.8 Å². The van der Waals surface area contributed by atoms with E-state index >= 15 is 0 Å². The molecule has 0 aliphatic carbocycles. The highest BCUT2D eigenvalue weighted by molar-refractivity contribution is 6.30. The first kappa shape index (κ1) is 21.4. The molecule has 1 aromatic carbocycles. The molecule has 1 aromatic rings. The van der Waals surface area contributed by atoms with Gasteiger partial charge in [0.25, 0.3) is 0 Å². The molecule has 0 saturated carbocycles. The van der Waals surface area contributed by atoms with Gasteiger partial charge < -0.3 is 19.9 Å². The Morgan fingerprint density at radius 2 is 2.00 bits per heavy atom. The summed E-state index contributed by atoms with van der Waals surface area (Å²) in [5.41, 5.74) is -0.170. The van der Waals surface area contributed by atoms with E-state index in [2.05, 4.69) is 5.32 Å². The second kappa shape index (κ2) is 9.31. The van der Waals surface area contributed by atoms with Gasteiger partial charge in [-0.05, 0) is 51.5 Å². The van der Waals surface area contributed by atoms with E-state index < -0.39 is 0 Å². The van der Waals surface area contributed by atoms with Crippen LogP contribution in [0.3, 0.4) is 0 Å². The van der Waals surface area contributed by atoms with Crippen molar-refractivity contribution in [2.75, 3.05) is 33.3 Å². The van der Waals surface area contributed by atoms with Crippen LogP contribution in [0.5, 0.6) is 5.75 Å². The largest absolute Gasteiger partial charge is 0.494 e. The van der Waals surface area contributed by atoms with E-state index in [1.165, 1.54) is 0 Å². The summed E-state index contributed by atoms with van der Waals surface area (Å²) in [4.78, 5) is 27.9. The molecule has 27 heavy (non-hydrogen) atoms. The molecule has 6 nitrogen and oxygen atoms in total. The van der Waals surface area contributed by atoms with Crippen molar-refractivity contribution in [2.24, 2.45) is 5.92 Å². The molecule has 7 heteroatoms. The number of urea groups is 1. The fourth-order valence-corrected chi connectivity index (χ4v) is 3.18. The van der Waals surface area contributed by atoms with Crippen molar-refractivity contribution in [3.8, 4) is 5.75 Å². The maximum Gasteiger partial charge on any atom is 0.317 e. The summed E-state index contributed by atoms with van der Waals surface area (Å²) in [5.74, 6) is 1.09. The van der Waals surface area contributed by atoms with Gasteiger partial charge in [0.2, 0.25) is 5.91 Å². The molecular weight excluding hydrogens is 366 g/mol. The van der Waals surface area contributed by atoms with Gasteiger partial charge in [-0.15, -0.1) is 0 Å². The van der Waals surface area contributed by atoms with Crippen molar-refractivity contribution >= 4 is 23.5 Å². The molecule has 0 unspecified atom stereocenters. The predicted octanol–water partition coefficient (Wildman–Crippen LogP) is 3.40. The highest BCUT2D eigenvalue weighted by Crippen LogP contribution is 2.25. The summed E-state index contributed by atoms with van der Waals surface area (Å²) in [6.07, 6.45) is 1.22. The minimum Gasteiger partial charge on any atom is -0.494 e. The first-order chi connectivity index (χ1) is 12.7. The quantitative estimate of drug-likeness (QED) is 0.720. The first-order valence-corrected chi connectivity index (χ1v) is 9.72. The Kier molecular flexibility index (Phi) is 7.36. The van der Waals surface area contributed by atoms with Crippen LogP contribution >= 0.6 is 11.6 Å². The fraction of sp³-hybridized carbons (Fsp3) is 0.600. The number of carbonyl (C=O) groups excluding carboxylic acids is 2. The van der Waals surface area contributed by atoms with Gasteiger partial charge in [-0.3, -0.25) is 4.79 Å². The van der Waals surface area contributed by atoms with E-state index in [0.29, 0.717) is 37.7 Å². The lowest BCUT2D eigenvalue weighted by Crippen LogP contribution is -2.43. The van der Waals surface area contributed by atoms with Crippen molar-refractivity contribution in [1.29, 1.82) is 0 Å². The predicted molar refractivity (Wildman–Crippen MR) is 107 cm³/mol. The maximum atomic E-state index is 12.2. The SMILES string of the molecule is CN(CCCOc1ccc(Cl)cc1)C(=O)NC[C@@H]1CC(=O)N(C(C)(C)C)C1. The van der Waals surface area contributed by atoms with Gasteiger partial charge in [0.15, 0.2) is 0 Å². The van der Waals surface area contributed by atoms with Crippen LogP contribution in [0, 0.1) is 5.92 Å². The molecule has 1 fully saturated rings. The third-order valence-corrected chi connectivity index (χ3v) is 4.88. The number of hydrogen-bond acceptors (Lipinski definition) is 3. The second-order valence-electron chi connectivity index (χ2n) is 8.01. The monoisotopic (exact) mass is 395 g/mol. The van der Waals surface area contributed by atoms with E-state index in [9.17, 15) is 9.59 Å². The van der Waals surface area contributed by atoms with E-state index in [1.54, 1.807) is 24.1 Å². The number of hydrogen-bond donors (Lipinski definition) is 1. The van der Waals surface area contributed by atoms with E-state index in [-0.39, 0.29) is 23.4 Å². The summed E-state index contributed by atoms with van der Waals surface area (Å²) in [6.45, 7) is 8.43. The lowest BCUT2D eigenvalue weighted by molar-refractivity contribution is -0.131. The number of ether oxygens (including phenoxy) is 1. The van der Waals surface area contributed by atoms with Gasteiger partial charge in [-0.1, -0.05) is 11.6 Å². The first-order valence-electron chi connectivity index (χ1n) is 9.34. The van der Waals surface area contributed by atoms with Crippen molar-refractivity contribution in [3.63, 3.8) is 0 Å². The van der Waals surface area contributed by atoms with Crippen LogP contribution < -0.4 is 10.1 Å². The molecule has 2 rings (SSSR count). The maximum absolute atomic E-state index is 12.2. The molecule has 0 radical (unpaired) electrons. The minimum absolute atomic E-state index is 0.122. The molecule has 150 valence electrons. The molecule has 1 aliphatic heterocycles. The Balaban J connectivity index is 1.64. The van der Waals surface area contributed by atoms with Gasteiger partial charge in [-0.25, -0.2) is 4.79 Å². The summed E-state index contributed by atoms with van der Waals surface area (Å²) in [6, 6.07) is 7.09.